The van der Waals surface area contributed by atoms with Crippen molar-refractivity contribution in [2.24, 2.45) is 33.9 Å². The first kappa shape index (κ1) is 43.8. The lowest BCUT2D eigenvalue weighted by molar-refractivity contribution is -0.467. The standard InChI is InChI=1S/C32H36F9N3O9.ClH/c1-11-23(45)15(42)7-18(52-11)53-17-9-28(50,12(2)44-43-10-29(33,34)30(35,36)31(37,38)32(39,40)41)8-14-20(17)27(49)22-21(25(14)47)24(46)13-5-4-6-16(51-3)19(13)26(22)48;/h4-6,10-11,14-15,17-18,20-23,25,27,45,47,49-50H,7-9,42H2,1-3H3;1H/b43-10+,44-12+;/t11?,14?,15?,17?,18?,20?,21?,22?,23?,25?,27?,28-;/m0./s1. The van der Waals surface area contributed by atoms with Gasteiger partial charge in [0, 0.05) is 17.9 Å². The highest BCUT2D eigenvalue weighted by molar-refractivity contribution is 6.18. The van der Waals surface area contributed by atoms with Crippen LogP contribution in [0.1, 0.15) is 53.8 Å². The molecule has 1 heterocycles. The number of aliphatic hydroxyl groups excluding tert-OH is 3. The van der Waals surface area contributed by atoms with Gasteiger partial charge in [-0.25, -0.2) is 0 Å². The number of hydrogen-bond acceptors (Lipinski definition) is 11. The van der Waals surface area contributed by atoms with Crippen LogP contribution in [0.2, 0.25) is 0 Å². The third-order valence-electron chi connectivity index (χ3n) is 10.8. The number of fused-ring (bicyclic) bond motifs is 3. The van der Waals surface area contributed by atoms with Crippen LogP contribution in [0.4, 0.5) is 39.5 Å². The molecule has 7 N–H and O–H groups in total. The first-order valence-electron chi connectivity index (χ1n) is 16.3. The first-order chi connectivity index (χ1) is 24.3. The van der Waals surface area contributed by atoms with E-state index in [-0.39, 0.29) is 35.7 Å². The number of carbonyl (C=O) groups excluding carboxylic acids is 2. The molecule has 0 radical (unpaired) electrons. The Morgan fingerprint density at radius 1 is 0.963 bits per heavy atom. The number of halogens is 10. The SMILES string of the molecule is COc1cccc2c1C(=O)C1C(O)C3C(OC4CC([NH3+])C(O)C(C)O4)C[C@](O)(/C(C)=N/N=C/C(F)(F)C(F)(F)C(F)(F)C(F)(F)F)CC3C(O)C1C2=O.[Cl-]. The average molecular weight is 814 g/mol. The van der Waals surface area contributed by atoms with Gasteiger partial charge in [-0.05, 0) is 32.3 Å². The van der Waals surface area contributed by atoms with Gasteiger partial charge in [0.2, 0.25) is 0 Å². The van der Waals surface area contributed by atoms with E-state index in [1.165, 1.54) is 32.2 Å². The number of rotatable bonds is 8. The van der Waals surface area contributed by atoms with Gasteiger partial charge < -0.3 is 52.8 Å². The molecule has 0 spiro atoms. The summed E-state index contributed by atoms with van der Waals surface area (Å²) in [5, 5.41) is 51.6. The van der Waals surface area contributed by atoms with Gasteiger partial charge in [0.05, 0.1) is 61.1 Å². The highest BCUT2D eigenvalue weighted by Gasteiger charge is 2.81. The van der Waals surface area contributed by atoms with E-state index in [2.05, 4.69) is 15.9 Å². The molecule has 0 aromatic heterocycles. The molecule has 1 aromatic carbocycles. The maximum absolute atomic E-state index is 14.1. The van der Waals surface area contributed by atoms with Crippen molar-refractivity contribution in [3.8, 4) is 5.75 Å². The van der Waals surface area contributed by atoms with E-state index in [4.69, 9.17) is 14.2 Å². The number of methoxy groups -OCH3 is 1. The summed E-state index contributed by atoms with van der Waals surface area (Å²) in [4.78, 5) is 27.8. The van der Waals surface area contributed by atoms with Gasteiger partial charge in [0.15, 0.2) is 17.9 Å². The van der Waals surface area contributed by atoms with Gasteiger partial charge >= 0.3 is 23.9 Å². The number of Topliss-reactive ketones (excluding diaryl/α,β-unsaturated/α-hetero) is 2. The minimum atomic E-state index is -7.18. The Balaban J connectivity index is 0.00000650. The number of aliphatic hydroxyl groups is 4. The van der Waals surface area contributed by atoms with Gasteiger partial charge in [0.1, 0.15) is 29.7 Å². The zero-order valence-electron chi connectivity index (χ0n) is 28.5. The summed E-state index contributed by atoms with van der Waals surface area (Å²) in [5.41, 5.74) is 0.472. The molecule has 12 atom stereocenters. The molecule has 11 unspecified atom stereocenters. The third-order valence-corrected chi connectivity index (χ3v) is 10.8. The second kappa shape index (κ2) is 14.9. The molecule has 54 heavy (non-hydrogen) atoms. The Morgan fingerprint density at radius 3 is 2.15 bits per heavy atom. The van der Waals surface area contributed by atoms with Crippen LogP contribution in [0.15, 0.2) is 28.4 Å². The number of ketones is 2. The minimum Gasteiger partial charge on any atom is -1.00 e. The zero-order chi connectivity index (χ0) is 39.8. The van der Waals surface area contributed by atoms with Crippen molar-refractivity contribution in [2.75, 3.05) is 7.11 Å². The Morgan fingerprint density at radius 2 is 1.57 bits per heavy atom. The Labute approximate surface area is 306 Å². The minimum absolute atomic E-state index is 0. The monoisotopic (exact) mass is 813 g/mol. The van der Waals surface area contributed by atoms with Gasteiger partial charge in [-0.1, -0.05) is 12.1 Å². The van der Waals surface area contributed by atoms with E-state index in [0.29, 0.717) is 0 Å². The Kier molecular flexibility index (Phi) is 12.1. The fourth-order valence-electron chi connectivity index (χ4n) is 7.86. The van der Waals surface area contributed by atoms with E-state index in [9.17, 15) is 69.5 Å². The molecule has 304 valence electrons. The zero-order valence-corrected chi connectivity index (χ0v) is 29.2. The summed E-state index contributed by atoms with van der Waals surface area (Å²) in [6.45, 7) is 2.42. The van der Waals surface area contributed by atoms with Crippen LogP contribution in [0.25, 0.3) is 0 Å². The molecule has 0 bridgehead atoms. The highest BCUT2D eigenvalue weighted by Crippen LogP contribution is 2.55. The van der Waals surface area contributed by atoms with Crippen molar-refractivity contribution < 1.29 is 102 Å². The molecule has 5 rings (SSSR count). The second-order valence-electron chi connectivity index (χ2n) is 14.0. The maximum Gasteiger partial charge on any atom is 0.460 e. The van der Waals surface area contributed by atoms with Crippen molar-refractivity contribution in [2.45, 2.75) is 106 Å². The highest BCUT2D eigenvalue weighted by atomic mass is 35.5. The molecule has 4 aliphatic rings. The summed E-state index contributed by atoms with van der Waals surface area (Å²) in [6, 6.07) is 3.49. The predicted octanol–water partition coefficient (Wildman–Crippen LogP) is -0.790. The molecular weight excluding hydrogens is 777 g/mol. The number of ether oxygens (including phenoxy) is 3. The van der Waals surface area contributed by atoms with Crippen molar-refractivity contribution in [3.63, 3.8) is 0 Å². The summed E-state index contributed by atoms with van der Waals surface area (Å²) in [6.07, 6.45) is -17.7. The number of quaternary nitrogens is 1. The van der Waals surface area contributed by atoms with E-state index < -0.39 is 132 Å². The number of carbonyl (C=O) groups is 2. The molecule has 12 nitrogen and oxygen atoms in total. The van der Waals surface area contributed by atoms with Gasteiger partial charge in [-0.2, -0.15) is 49.7 Å². The van der Waals surface area contributed by atoms with E-state index in [1.54, 1.807) is 0 Å². The topological polar surface area (TPSA) is 195 Å². The van der Waals surface area contributed by atoms with Gasteiger partial charge in [-0.15, -0.1) is 0 Å². The van der Waals surface area contributed by atoms with Crippen LogP contribution in [0.3, 0.4) is 0 Å². The van der Waals surface area contributed by atoms with Crippen LogP contribution in [-0.4, -0.2) is 123 Å². The Bertz CT molecular complexity index is 1660. The fourth-order valence-corrected chi connectivity index (χ4v) is 7.86. The third kappa shape index (κ3) is 7.03. The predicted molar refractivity (Wildman–Crippen MR) is 161 cm³/mol. The second-order valence-corrected chi connectivity index (χ2v) is 14.0. The molecular formula is C32H37ClF9N3O9. The van der Waals surface area contributed by atoms with Crippen LogP contribution in [0, 0.1) is 23.7 Å². The largest absolute Gasteiger partial charge is 1.00 e. The summed E-state index contributed by atoms with van der Waals surface area (Å²) in [5.74, 6) is -27.6. The van der Waals surface area contributed by atoms with E-state index >= 15 is 0 Å². The van der Waals surface area contributed by atoms with Crippen molar-refractivity contribution in [1.29, 1.82) is 0 Å². The van der Waals surface area contributed by atoms with Crippen LogP contribution >= 0.6 is 0 Å². The smallest absolute Gasteiger partial charge is 0.460 e. The van der Waals surface area contributed by atoms with E-state index in [1.807, 2.05) is 0 Å². The first-order valence-corrected chi connectivity index (χ1v) is 16.3. The normalized spacial score (nSPS) is 36.6. The lowest BCUT2D eigenvalue weighted by Crippen LogP contribution is -3.00. The van der Waals surface area contributed by atoms with Crippen molar-refractivity contribution in [1.82, 2.24) is 0 Å². The lowest BCUT2D eigenvalue weighted by Gasteiger charge is -2.56. The Hall–Kier alpha value is -2.92. The fraction of sp³-hybridized carbons (Fsp3) is 0.688. The lowest BCUT2D eigenvalue weighted by atomic mass is 9.52. The summed E-state index contributed by atoms with van der Waals surface area (Å²) in [7, 11) is 1.25. The number of nitrogens with zero attached hydrogens (tertiary/aromatic N) is 2. The molecule has 1 saturated heterocycles. The molecule has 2 saturated carbocycles. The van der Waals surface area contributed by atoms with Crippen LogP contribution in [-0.2, 0) is 9.47 Å². The number of alkyl halides is 9. The number of hydrogen-bond donors (Lipinski definition) is 5. The molecule has 1 aliphatic heterocycles. The van der Waals surface area contributed by atoms with E-state index in [0.717, 1.165) is 6.92 Å². The summed E-state index contributed by atoms with van der Waals surface area (Å²) < 4.78 is 137. The van der Waals surface area contributed by atoms with Gasteiger partial charge in [-0.3, -0.25) is 9.59 Å². The van der Waals surface area contributed by atoms with Crippen LogP contribution in [0.5, 0.6) is 5.75 Å². The number of benzene rings is 1. The van der Waals surface area contributed by atoms with Gasteiger partial charge in [0.25, 0.3) is 0 Å². The van der Waals surface area contributed by atoms with Crippen LogP contribution < -0.4 is 22.9 Å². The maximum atomic E-state index is 14.1. The summed E-state index contributed by atoms with van der Waals surface area (Å²) >= 11 is 0. The molecule has 3 fully saturated rings. The van der Waals surface area contributed by atoms with Crippen molar-refractivity contribution in [3.05, 3.63) is 29.3 Å². The quantitative estimate of drug-likeness (QED) is 0.127. The molecule has 3 aliphatic carbocycles. The molecule has 0 amide bonds. The molecule has 1 aromatic rings. The average Bonchev–Trinajstić information content (AvgIpc) is 3.06. The molecule has 22 heteroatoms. The van der Waals surface area contributed by atoms with Crippen molar-refractivity contribution >= 4 is 23.5 Å².